The van der Waals surface area contributed by atoms with Crippen molar-refractivity contribution in [2.75, 3.05) is 58.9 Å². The van der Waals surface area contributed by atoms with Crippen LogP contribution >= 0.6 is 11.3 Å². The molecule has 30 heavy (non-hydrogen) atoms. The summed E-state index contributed by atoms with van der Waals surface area (Å²) in [6.07, 6.45) is 6.75. The number of amides is 2. The minimum absolute atomic E-state index is 0.236. The van der Waals surface area contributed by atoms with Gasteiger partial charge in [0.05, 0.1) is 19.1 Å². The highest BCUT2D eigenvalue weighted by Gasteiger charge is 2.31. The Morgan fingerprint density at radius 1 is 0.900 bits per heavy atom. The van der Waals surface area contributed by atoms with E-state index in [1.54, 1.807) is 0 Å². The minimum atomic E-state index is 0.236. The number of carbonyl (C=O) groups is 2. The Morgan fingerprint density at radius 3 is 2.17 bits per heavy atom. The molecule has 2 fully saturated rings. The molecule has 166 valence electrons. The van der Waals surface area contributed by atoms with Crippen molar-refractivity contribution >= 4 is 23.2 Å². The first-order valence-electron chi connectivity index (χ1n) is 11.7. The summed E-state index contributed by atoms with van der Waals surface area (Å²) in [5.41, 5.74) is 1.36. The highest BCUT2D eigenvalue weighted by Crippen LogP contribution is 2.35. The van der Waals surface area contributed by atoms with Crippen LogP contribution in [0.15, 0.2) is 11.4 Å². The molecule has 4 heterocycles. The Labute approximate surface area is 184 Å². The Bertz CT molecular complexity index is 721. The number of carbonyl (C=O) groups excluding carboxylic acids is 2. The molecule has 0 aromatic carbocycles. The highest BCUT2D eigenvalue weighted by molar-refractivity contribution is 7.10. The number of hydrogen-bond donors (Lipinski definition) is 0. The molecule has 0 aliphatic carbocycles. The Kier molecular flexibility index (Phi) is 7.44. The normalized spacial score (nSPS) is 23.8. The molecule has 1 aromatic heterocycles. The topological polar surface area (TPSA) is 47.1 Å². The van der Waals surface area contributed by atoms with E-state index in [-0.39, 0.29) is 17.9 Å². The summed E-state index contributed by atoms with van der Waals surface area (Å²) in [5, 5.41) is 2.16. The summed E-state index contributed by atoms with van der Waals surface area (Å²) in [6.45, 7) is 9.39. The fourth-order valence-corrected chi connectivity index (χ4v) is 6.06. The van der Waals surface area contributed by atoms with Crippen molar-refractivity contribution in [2.45, 2.75) is 51.5 Å². The standard InChI is InChI=1S/C23H36N4O2S/c1-2-20-19-8-16-30-21(19)7-11-27(20)23(29)18-25-14-12-24(13-15-25)17-22(28)26-9-5-3-4-6-10-26/h8,16,20H,2-7,9-15,17-18H2,1H3. The summed E-state index contributed by atoms with van der Waals surface area (Å²) in [4.78, 5) is 35.9. The van der Waals surface area contributed by atoms with Gasteiger partial charge in [0.25, 0.3) is 0 Å². The zero-order chi connectivity index (χ0) is 20.9. The summed E-state index contributed by atoms with van der Waals surface area (Å²) < 4.78 is 0. The number of hydrogen-bond acceptors (Lipinski definition) is 5. The fraction of sp³-hybridized carbons (Fsp3) is 0.739. The first-order chi connectivity index (χ1) is 14.7. The average molecular weight is 433 g/mol. The summed E-state index contributed by atoms with van der Waals surface area (Å²) in [6, 6.07) is 2.44. The van der Waals surface area contributed by atoms with Crippen molar-refractivity contribution in [3.8, 4) is 0 Å². The zero-order valence-electron chi connectivity index (χ0n) is 18.4. The zero-order valence-corrected chi connectivity index (χ0v) is 19.2. The van der Waals surface area contributed by atoms with Crippen molar-refractivity contribution < 1.29 is 9.59 Å². The van der Waals surface area contributed by atoms with Gasteiger partial charge in [0.15, 0.2) is 0 Å². The van der Waals surface area contributed by atoms with Gasteiger partial charge in [0.1, 0.15) is 0 Å². The van der Waals surface area contributed by atoms with E-state index in [0.29, 0.717) is 13.1 Å². The van der Waals surface area contributed by atoms with E-state index >= 15 is 0 Å². The molecule has 2 saturated heterocycles. The quantitative estimate of drug-likeness (QED) is 0.718. The lowest BCUT2D eigenvalue weighted by atomic mass is 9.97. The lowest BCUT2D eigenvalue weighted by Crippen LogP contribution is -2.53. The fourth-order valence-electron chi connectivity index (χ4n) is 5.13. The van der Waals surface area contributed by atoms with Gasteiger partial charge in [-0.1, -0.05) is 19.8 Å². The highest BCUT2D eigenvalue weighted by atomic mass is 32.1. The Morgan fingerprint density at radius 2 is 1.53 bits per heavy atom. The second-order valence-corrected chi connectivity index (χ2v) is 9.91. The number of likely N-dealkylation sites (tertiary alicyclic amines) is 1. The van der Waals surface area contributed by atoms with Gasteiger partial charge in [-0.2, -0.15) is 0 Å². The first kappa shape index (κ1) is 21.8. The van der Waals surface area contributed by atoms with Gasteiger partial charge >= 0.3 is 0 Å². The van der Waals surface area contributed by atoms with E-state index in [1.807, 2.05) is 11.3 Å². The third-order valence-electron chi connectivity index (χ3n) is 6.94. The van der Waals surface area contributed by atoms with E-state index in [9.17, 15) is 9.59 Å². The maximum atomic E-state index is 13.1. The number of thiophene rings is 1. The molecule has 0 spiro atoms. The summed E-state index contributed by atoms with van der Waals surface area (Å²) in [7, 11) is 0. The van der Waals surface area contributed by atoms with Gasteiger partial charge in [-0.25, -0.2) is 0 Å². The third kappa shape index (κ3) is 5.06. The van der Waals surface area contributed by atoms with E-state index in [0.717, 1.165) is 71.5 Å². The average Bonchev–Trinajstić information content (AvgIpc) is 3.07. The molecule has 1 unspecified atom stereocenters. The molecule has 0 N–H and O–H groups in total. The van der Waals surface area contributed by atoms with Gasteiger partial charge in [-0.3, -0.25) is 19.4 Å². The van der Waals surface area contributed by atoms with Crippen molar-refractivity contribution in [3.63, 3.8) is 0 Å². The first-order valence-corrected chi connectivity index (χ1v) is 12.6. The molecular formula is C23H36N4O2S. The number of rotatable bonds is 5. The van der Waals surface area contributed by atoms with Crippen LogP contribution in [-0.4, -0.2) is 90.3 Å². The van der Waals surface area contributed by atoms with Crippen LogP contribution < -0.4 is 0 Å². The van der Waals surface area contributed by atoms with Crippen LogP contribution in [0.1, 0.15) is 55.5 Å². The Balaban J connectivity index is 1.24. The predicted octanol–water partition coefficient (Wildman–Crippen LogP) is 2.60. The van der Waals surface area contributed by atoms with Crippen molar-refractivity contribution in [1.82, 2.24) is 19.6 Å². The van der Waals surface area contributed by atoms with E-state index in [4.69, 9.17) is 0 Å². The molecule has 2 amide bonds. The van der Waals surface area contributed by atoms with Crippen LogP contribution in [0.25, 0.3) is 0 Å². The van der Waals surface area contributed by atoms with Crippen LogP contribution in [-0.2, 0) is 16.0 Å². The molecule has 0 saturated carbocycles. The maximum absolute atomic E-state index is 13.1. The monoisotopic (exact) mass is 432 g/mol. The number of nitrogens with zero attached hydrogens (tertiary/aromatic N) is 4. The van der Waals surface area contributed by atoms with Crippen LogP contribution in [0.5, 0.6) is 0 Å². The molecule has 0 bridgehead atoms. The second-order valence-electron chi connectivity index (χ2n) is 8.91. The molecule has 1 aromatic rings. The smallest absolute Gasteiger partial charge is 0.237 e. The molecule has 3 aliphatic heterocycles. The maximum Gasteiger partial charge on any atom is 0.237 e. The molecule has 7 heteroatoms. The van der Waals surface area contributed by atoms with Gasteiger partial charge in [-0.15, -0.1) is 11.3 Å². The van der Waals surface area contributed by atoms with Crippen molar-refractivity contribution in [3.05, 3.63) is 21.9 Å². The Hall–Kier alpha value is -1.44. The second kappa shape index (κ2) is 10.2. The van der Waals surface area contributed by atoms with Crippen LogP contribution in [0.3, 0.4) is 0 Å². The van der Waals surface area contributed by atoms with Crippen LogP contribution in [0.2, 0.25) is 0 Å². The van der Waals surface area contributed by atoms with E-state index in [1.165, 1.54) is 23.3 Å². The van der Waals surface area contributed by atoms with Crippen molar-refractivity contribution in [2.24, 2.45) is 0 Å². The van der Waals surface area contributed by atoms with E-state index in [2.05, 4.69) is 38.0 Å². The van der Waals surface area contributed by atoms with Gasteiger partial charge < -0.3 is 9.80 Å². The van der Waals surface area contributed by atoms with Crippen LogP contribution in [0.4, 0.5) is 0 Å². The predicted molar refractivity (Wildman–Crippen MR) is 121 cm³/mol. The molecule has 3 aliphatic rings. The van der Waals surface area contributed by atoms with Gasteiger partial charge in [0, 0.05) is 50.7 Å². The lowest BCUT2D eigenvalue weighted by molar-refractivity contribution is -0.137. The largest absolute Gasteiger partial charge is 0.342 e. The summed E-state index contributed by atoms with van der Waals surface area (Å²) >= 11 is 1.83. The lowest BCUT2D eigenvalue weighted by Gasteiger charge is -2.39. The molecule has 4 rings (SSSR count). The molecular weight excluding hydrogens is 396 g/mol. The van der Waals surface area contributed by atoms with Crippen molar-refractivity contribution in [1.29, 1.82) is 0 Å². The van der Waals surface area contributed by atoms with E-state index < -0.39 is 0 Å². The minimum Gasteiger partial charge on any atom is -0.342 e. The molecule has 0 radical (unpaired) electrons. The van der Waals surface area contributed by atoms with Gasteiger partial charge in [-0.05, 0) is 42.7 Å². The number of fused-ring (bicyclic) bond motifs is 1. The molecule has 6 nitrogen and oxygen atoms in total. The SMILES string of the molecule is CCC1c2ccsc2CCN1C(=O)CN1CCN(CC(=O)N2CCCCCC2)CC1. The number of piperazine rings is 1. The van der Waals surface area contributed by atoms with Crippen LogP contribution in [0, 0.1) is 0 Å². The third-order valence-corrected chi connectivity index (χ3v) is 7.94. The van der Waals surface area contributed by atoms with Gasteiger partial charge in [0.2, 0.25) is 11.8 Å². The summed E-state index contributed by atoms with van der Waals surface area (Å²) in [5.74, 6) is 0.542. The molecule has 1 atom stereocenters.